The number of hydrogen-bond donors (Lipinski definition) is 0. The van der Waals surface area contributed by atoms with Crippen LogP contribution in [0.25, 0.3) is 0 Å². The van der Waals surface area contributed by atoms with Crippen molar-refractivity contribution in [3.63, 3.8) is 0 Å². The summed E-state index contributed by atoms with van der Waals surface area (Å²) in [6.45, 7) is 6.45. The third-order valence-corrected chi connectivity index (χ3v) is 1.45. The molecule has 0 spiro atoms. The fourth-order valence-electron chi connectivity index (χ4n) is 0.922. The molecular formula is C10H14O3. The summed E-state index contributed by atoms with van der Waals surface area (Å²) < 4.78 is 10.2. The van der Waals surface area contributed by atoms with Crippen LogP contribution in [0.2, 0.25) is 0 Å². The van der Waals surface area contributed by atoms with Gasteiger partial charge in [-0.25, -0.2) is 4.79 Å². The summed E-state index contributed by atoms with van der Waals surface area (Å²) in [6, 6.07) is 3.07. The summed E-state index contributed by atoms with van der Waals surface area (Å²) in [4.78, 5) is 10.9. The lowest BCUT2D eigenvalue weighted by Gasteiger charge is -2.07. The SMILES string of the molecule is Cc1cc(OCC(C)C)cc(=O)o1. The highest BCUT2D eigenvalue weighted by Gasteiger charge is 2.00. The zero-order valence-electron chi connectivity index (χ0n) is 8.16. The molecule has 0 aliphatic heterocycles. The lowest BCUT2D eigenvalue weighted by molar-refractivity contribution is 0.267. The molecule has 0 aliphatic rings. The molecule has 0 unspecified atom stereocenters. The largest absolute Gasteiger partial charge is 0.493 e. The summed E-state index contributed by atoms with van der Waals surface area (Å²) in [7, 11) is 0. The van der Waals surface area contributed by atoms with E-state index in [1.165, 1.54) is 6.07 Å². The van der Waals surface area contributed by atoms with E-state index in [1.54, 1.807) is 13.0 Å². The molecule has 0 radical (unpaired) electrons. The van der Waals surface area contributed by atoms with Gasteiger partial charge in [-0.15, -0.1) is 0 Å². The van der Waals surface area contributed by atoms with Gasteiger partial charge in [0.05, 0.1) is 12.7 Å². The number of aryl methyl sites for hydroxylation is 1. The minimum absolute atomic E-state index is 0.362. The van der Waals surface area contributed by atoms with Crippen molar-refractivity contribution in [2.45, 2.75) is 20.8 Å². The molecule has 0 N–H and O–H groups in total. The third-order valence-electron chi connectivity index (χ3n) is 1.45. The fraction of sp³-hybridized carbons (Fsp3) is 0.500. The molecule has 1 rings (SSSR count). The molecule has 3 nitrogen and oxygen atoms in total. The van der Waals surface area contributed by atoms with Crippen molar-refractivity contribution in [3.8, 4) is 5.75 Å². The summed E-state index contributed by atoms with van der Waals surface area (Å²) in [5.74, 6) is 1.61. The van der Waals surface area contributed by atoms with Crippen molar-refractivity contribution < 1.29 is 9.15 Å². The van der Waals surface area contributed by atoms with Gasteiger partial charge in [0.1, 0.15) is 11.5 Å². The van der Waals surface area contributed by atoms with E-state index < -0.39 is 0 Å². The van der Waals surface area contributed by atoms with Crippen molar-refractivity contribution in [1.82, 2.24) is 0 Å². The van der Waals surface area contributed by atoms with Crippen molar-refractivity contribution in [2.24, 2.45) is 5.92 Å². The van der Waals surface area contributed by atoms with E-state index in [4.69, 9.17) is 9.15 Å². The van der Waals surface area contributed by atoms with E-state index in [9.17, 15) is 4.79 Å². The predicted molar refractivity (Wildman–Crippen MR) is 50.0 cm³/mol. The van der Waals surface area contributed by atoms with Crippen LogP contribution in [0.3, 0.4) is 0 Å². The maximum Gasteiger partial charge on any atom is 0.339 e. The monoisotopic (exact) mass is 182 g/mol. The van der Waals surface area contributed by atoms with Gasteiger partial charge in [-0.2, -0.15) is 0 Å². The first-order valence-corrected chi connectivity index (χ1v) is 4.32. The fourth-order valence-corrected chi connectivity index (χ4v) is 0.922. The normalized spacial score (nSPS) is 10.5. The number of hydrogen-bond acceptors (Lipinski definition) is 3. The van der Waals surface area contributed by atoms with Crippen LogP contribution in [0.1, 0.15) is 19.6 Å². The summed E-state index contributed by atoms with van der Waals surface area (Å²) >= 11 is 0. The standard InChI is InChI=1S/C10H14O3/c1-7(2)6-12-9-4-8(3)13-10(11)5-9/h4-5,7H,6H2,1-3H3. The van der Waals surface area contributed by atoms with Crippen LogP contribution in [-0.4, -0.2) is 6.61 Å². The molecule has 13 heavy (non-hydrogen) atoms. The second-order valence-corrected chi connectivity index (χ2v) is 3.43. The number of ether oxygens (including phenoxy) is 1. The van der Waals surface area contributed by atoms with Crippen LogP contribution in [0.4, 0.5) is 0 Å². The van der Waals surface area contributed by atoms with Gasteiger partial charge in [0.2, 0.25) is 0 Å². The zero-order valence-corrected chi connectivity index (χ0v) is 8.16. The Labute approximate surface area is 77.3 Å². The Hall–Kier alpha value is -1.25. The molecule has 3 heteroatoms. The Bertz CT molecular complexity index is 325. The molecule has 0 bridgehead atoms. The molecule has 0 saturated heterocycles. The molecule has 0 amide bonds. The first kappa shape index (κ1) is 9.84. The average molecular weight is 182 g/mol. The lowest BCUT2D eigenvalue weighted by atomic mass is 10.2. The van der Waals surface area contributed by atoms with Gasteiger partial charge in [-0.05, 0) is 12.8 Å². The topological polar surface area (TPSA) is 39.4 Å². The van der Waals surface area contributed by atoms with Gasteiger partial charge >= 0.3 is 5.63 Å². The molecule has 1 aromatic heterocycles. The van der Waals surface area contributed by atoms with E-state index in [1.807, 2.05) is 0 Å². The van der Waals surface area contributed by atoms with Gasteiger partial charge < -0.3 is 9.15 Å². The first-order valence-electron chi connectivity index (χ1n) is 4.32. The molecule has 72 valence electrons. The smallest absolute Gasteiger partial charge is 0.339 e. The van der Waals surface area contributed by atoms with Crippen LogP contribution in [0.5, 0.6) is 5.75 Å². The summed E-state index contributed by atoms with van der Waals surface area (Å²) in [5, 5.41) is 0. The Morgan fingerprint density at radius 2 is 2.15 bits per heavy atom. The van der Waals surface area contributed by atoms with Crippen molar-refractivity contribution in [1.29, 1.82) is 0 Å². The second-order valence-electron chi connectivity index (χ2n) is 3.43. The average Bonchev–Trinajstić information content (AvgIpc) is 1.99. The van der Waals surface area contributed by atoms with Crippen LogP contribution in [0.15, 0.2) is 21.3 Å². The Kier molecular flexibility index (Phi) is 3.12. The van der Waals surface area contributed by atoms with Crippen molar-refractivity contribution >= 4 is 0 Å². The maximum atomic E-state index is 10.9. The highest BCUT2D eigenvalue weighted by molar-refractivity contribution is 5.19. The van der Waals surface area contributed by atoms with Crippen LogP contribution >= 0.6 is 0 Å². The van der Waals surface area contributed by atoms with Gasteiger partial charge in [-0.1, -0.05) is 13.8 Å². The Morgan fingerprint density at radius 1 is 1.46 bits per heavy atom. The minimum atomic E-state index is -0.362. The van der Waals surface area contributed by atoms with E-state index in [0.717, 1.165) is 0 Å². The number of rotatable bonds is 3. The van der Waals surface area contributed by atoms with Crippen molar-refractivity contribution in [3.05, 3.63) is 28.3 Å². The van der Waals surface area contributed by atoms with E-state index in [0.29, 0.717) is 24.0 Å². The molecule has 0 aromatic carbocycles. The van der Waals surface area contributed by atoms with E-state index in [-0.39, 0.29) is 5.63 Å². The van der Waals surface area contributed by atoms with E-state index in [2.05, 4.69) is 13.8 Å². The van der Waals surface area contributed by atoms with Gasteiger partial charge in [0.25, 0.3) is 0 Å². The van der Waals surface area contributed by atoms with Crippen molar-refractivity contribution in [2.75, 3.05) is 6.61 Å². The van der Waals surface area contributed by atoms with Gasteiger partial charge in [0, 0.05) is 6.07 Å². The van der Waals surface area contributed by atoms with Gasteiger partial charge in [-0.3, -0.25) is 0 Å². The molecule has 0 saturated carbocycles. The van der Waals surface area contributed by atoms with Crippen LogP contribution in [-0.2, 0) is 0 Å². The third kappa shape index (κ3) is 3.32. The molecular weight excluding hydrogens is 168 g/mol. The second kappa shape index (κ2) is 4.12. The molecule has 0 atom stereocenters. The minimum Gasteiger partial charge on any atom is -0.493 e. The Balaban J connectivity index is 2.72. The maximum absolute atomic E-state index is 10.9. The molecule has 0 aliphatic carbocycles. The molecule has 1 aromatic rings. The predicted octanol–water partition coefficient (Wildman–Crippen LogP) is 1.98. The Morgan fingerprint density at radius 3 is 2.69 bits per heavy atom. The summed E-state index contributed by atoms with van der Waals surface area (Å²) in [5.41, 5.74) is -0.362. The van der Waals surface area contributed by atoms with Gasteiger partial charge in [0.15, 0.2) is 0 Å². The summed E-state index contributed by atoms with van der Waals surface area (Å²) in [6.07, 6.45) is 0. The van der Waals surface area contributed by atoms with Crippen LogP contribution in [0, 0.1) is 12.8 Å². The zero-order chi connectivity index (χ0) is 9.84. The van der Waals surface area contributed by atoms with Crippen LogP contribution < -0.4 is 10.4 Å². The highest BCUT2D eigenvalue weighted by Crippen LogP contribution is 2.10. The highest BCUT2D eigenvalue weighted by atomic mass is 16.5. The lowest BCUT2D eigenvalue weighted by Crippen LogP contribution is -2.07. The van der Waals surface area contributed by atoms with E-state index >= 15 is 0 Å². The first-order chi connectivity index (χ1) is 6.08. The quantitative estimate of drug-likeness (QED) is 0.717. The molecule has 1 heterocycles. The molecule has 0 fully saturated rings.